The van der Waals surface area contributed by atoms with E-state index in [1.54, 1.807) is 0 Å². The van der Waals surface area contributed by atoms with Crippen LogP contribution in [0.25, 0.3) is 0 Å². The number of nitrogens with zero attached hydrogens (tertiary/aromatic N) is 1. The van der Waals surface area contributed by atoms with E-state index >= 15 is 0 Å². The molecule has 90 valence electrons. The van der Waals surface area contributed by atoms with Crippen LogP contribution in [0.4, 0.5) is 5.69 Å². The number of anilines is 1. The molecule has 2 aliphatic rings. The minimum atomic E-state index is -0.140. The van der Waals surface area contributed by atoms with Crippen LogP contribution in [0.1, 0.15) is 23.6 Å². The van der Waals surface area contributed by atoms with Crippen LogP contribution in [0.2, 0.25) is 0 Å². The fourth-order valence-electron chi connectivity index (χ4n) is 2.83. The highest BCUT2D eigenvalue weighted by atomic mass is 16.2. The number of fused-ring (bicyclic) bond motifs is 1. The van der Waals surface area contributed by atoms with Gasteiger partial charge in [-0.1, -0.05) is 18.2 Å². The lowest BCUT2D eigenvalue weighted by Gasteiger charge is -2.21. The number of carbonyl (C=O) groups excluding carboxylic acids is 1. The zero-order valence-corrected chi connectivity index (χ0v) is 9.94. The van der Waals surface area contributed by atoms with E-state index < -0.39 is 0 Å². The average molecular weight is 231 g/mol. The van der Waals surface area contributed by atoms with Crippen molar-refractivity contribution in [3.8, 4) is 0 Å². The van der Waals surface area contributed by atoms with Gasteiger partial charge in [-0.2, -0.15) is 0 Å². The van der Waals surface area contributed by atoms with Gasteiger partial charge in [-0.05, 0) is 18.9 Å². The second-order valence-corrected chi connectivity index (χ2v) is 4.97. The van der Waals surface area contributed by atoms with Crippen LogP contribution in [0.15, 0.2) is 18.2 Å². The van der Waals surface area contributed by atoms with Crippen molar-refractivity contribution < 1.29 is 4.79 Å². The number of hydrogen-bond acceptors (Lipinski definition) is 3. The molecule has 1 aromatic rings. The molecule has 1 amide bonds. The molecule has 0 spiro atoms. The van der Waals surface area contributed by atoms with Crippen molar-refractivity contribution >= 4 is 11.6 Å². The normalized spacial score (nSPS) is 28.2. The first-order valence-electron chi connectivity index (χ1n) is 6.07. The summed E-state index contributed by atoms with van der Waals surface area (Å²) in [5.74, 6) is 0.0865. The molecule has 4 heteroatoms. The number of nitrogens with one attached hydrogen (secondary N) is 1. The molecular weight excluding hydrogens is 214 g/mol. The third kappa shape index (κ3) is 1.64. The van der Waals surface area contributed by atoms with E-state index in [-0.39, 0.29) is 18.0 Å². The van der Waals surface area contributed by atoms with Gasteiger partial charge in [0.25, 0.3) is 0 Å². The van der Waals surface area contributed by atoms with E-state index in [0.717, 1.165) is 36.3 Å². The second-order valence-electron chi connectivity index (χ2n) is 4.97. The molecule has 2 heterocycles. The van der Waals surface area contributed by atoms with Crippen LogP contribution in [0.5, 0.6) is 0 Å². The number of benzene rings is 1. The molecule has 3 N–H and O–H groups in total. The quantitative estimate of drug-likeness (QED) is 0.758. The Kier molecular flexibility index (Phi) is 2.42. The summed E-state index contributed by atoms with van der Waals surface area (Å²) in [6, 6.07) is 6.14. The lowest BCUT2D eigenvalue weighted by atomic mass is 10.0. The lowest BCUT2D eigenvalue weighted by Crippen LogP contribution is -2.33. The van der Waals surface area contributed by atoms with Crippen LogP contribution in [0, 0.1) is 6.92 Å². The van der Waals surface area contributed by atoms with Gasteiger partial charge in [0, 0.05) is 30.4 Å². The molecular formula is C13H17N3O. The highest BCUT2D eigenvalue weighted by molar-refractivity contribution is 6.03. The first-order chi connectivity index (χ1) is 8.16. The molecule has 0 aliphatic carbocycles. The summed E-state index contributed by atoms with van der Waals surface area (Å²) < 4.78 is 0. The van der Waals surface area contributed by atoms with Gasteiger partial charge in [-0.3, -0.25) is 9.69 Å². The van der Waals surface area contributed by atoms with Crippen molar-refractivity contribution in [3.63, 3.8) is 0 Å². The van der Waals surface area contributed by atoms with Crippen LogP contribution >= 0.6 is 0 Å². The molecule has 2 unspecified atom stereocenters. The van der Waals surface area contributed by atoms with Gasteiger partial charge in [-0.15, -0.1) is 0 Å². The zero-order valence-electron chi connectivity index (χ0n) is 9.94. The fourth-order valence-corrected chi connectivity index (χ4v) is 2.83. The van der Waals surface area contributed by atoms with E-state index in [1.165, 1.54) is 0 Å². The Morgan fingerprint density at radius 1 is 1.47 bits per heavy atom. The Bertz CT molecular complexity index is 472. The third-order valence-corrected chi connectivity index (χ3v) is 3.72. The topological polar surface area (TPSA) is 58.4 Å². The monoisotopic (exact) mass is 231 g/mol. The van der Waals surface area contributed by atoms with E-state index in [4.69, 9.17) is 5.73 Å². The number of amides is 1. The van der Waals surface area contributed by atoms with Gasteiger partial charge in [0.1, 0.15) is 6.04 Å². The summed E-state index contributed by atoms with van der Waals surface area (Å²) in [4.78, 5) is 14.3. The van der Waals surface area contributed by atoms with Gasteiger partial charge < -0.3 is 11.1 Å². The number of aryl methyl sites for hydroxylation is 1. The van der Waals surface area contributed by atoms with Gasteiger partial charge in [0.15, 0.2) is 0 Å². The Morgan fingerprint density at radius 2 is 2.29 bits per heavy atom. The van der Waals surface area contributed by atoms with E-state index in [0.29, 0.717) is 0 Å². The van der Waals surface area contributed by atoms with E-state index in [9.17, 15) is 4.79 Å². The smallest absolute Gasteiger partial charge is 0.246 e. The summed E-state index contributed by atoms with van der Waals surface area (Å²) in [7, 11) is 0. The Labute approximate surface area is 101 Å². The Morgan fingerprint density at radius 3 is 3.00 bits per heavy atom. The molecule has 2 atom stereocenters. The first-order valence-corrected chi connectivity index (χ1v) is 6.07. The SMILES string of the molecule is Cc1cccc2c1NC(=O)C2N1CCC(N)C1. The minimum absolute atomic E-state index is 0.0865. The van der Waals surface area contributed by atoms with Crippen LogP contribution < -0.4 is 11.1 Å². The predicted molar refractivity (Wildman–Crippen MR) is 66.7 cm³/mol. The summed E-state index contributed by atoms with van der Waals surface area (Å²) in [5, 5.41) is 2.99. The molecule has 0 bridgehead atoms. The zero-order chi connectivity index (χ0) is 12.0. The maximum absolute atomic E-state index is 12.1. The summed E-state index contributed by atoms with van der Waals surface area (Å²) in [6.07, 6.45) is 0.977. The maximum atomic E-state index is 12.1. The lowest BCUT2D eigenvalue weighted by molar-refractivity contribution is -0.120. The molecule has 0 radical (unpaired) electrons. The van der Waals surface area contributed by atoms with Crippen molar-refractivity contribution in [1.82, 2.24) is 4.90 Å². The highest BCUT2D eigenvalue weighted by Gasteiger charge is 2.38. The van der Waals surface area contributed by atoms with Crippen molar-refractivity contribution in [2.24, 2.45) is 5.73 Å². The number of nitrogens with two attached hydrogens (primary N) is 1. The van der Waals surface area contributed by atoms with Gasteiger partial charge in [0.05, 0.1) is 0 Å². The van der Waals surface area contributed by atoms with Gasteiger partial charge in [-0.25, -0.2) is 0 Å². The summed E-state index contributed by atoms with van der Waals surface area (Å²) in [5.41, 5.74) is 9.13. The van der Waals surface area contributed by atoms with Crippen LogP contribution in [0.3, 0.4) is 0 Å². The van der Waals surface area contributed by atoms with Crippen LogP contribution in [-0.2, 0) is 4.79 Å². The molecule has 17 heavy (non-hydrogen) atoms. The molecule has 0 saturated carbocycles. The molecule has 4 nitrogen and oxygen atoms in total. The summed E-state index contributed by atoms with van der Waals surface area (Å²) >= 11 is 0. The van der Waals surface area contributed by atoms with Crippen molar-refractivity contribution in [2.75, 3.05) is 18.4 Å². The van der Waals surface area contributed by atoms with Crippen molar-refractivity contribution in [2.45, 2.75) is 25.4 Å². The maximum Gasteiger partial charge on any atom is 0.246 e. The Hall–Kier alpha value is -1.39. The Balaban J connectivity index is 1.97. The molecule has 1 fully saturated rings. The van der Waals surface area contributed by atoms with E-state index in [1.807, 2.05) is 25.1 Å². The second kappa shape index (κ2) is 3.82. The minimum Gasteiger partial charge on any atom is -0.326 e. The molecule has 1 aromatic carbocycles. The fraction of sp³-hybridized carbons (Fsp3) is 0.462. The molecule has 3 rings (SSSR count). The number of para-hydroxylation sites is 1. The highest BCUT2D eigenvalue weighted by Crippen LogP contribution is 2.38. The van der Waals surface area contributed by atoms with Crippen molar-refractivity contribution in [3.05, 3.63) is 29.3 Å². The molecule has 1 saturated heterocycles. The van der Waals surface area contributed by atoms with Gasteiger partial charge in [0.2, 0.25) is 5.91 Å². The van der Waals surface area contributed by atoms with Crippen molar-refractivity contribution in [1.29, 1.82) is 0 Å². The molecule has 0 aromatic heterocycles. The molecule has 2 aliphatic heterocycles. The average Bonchev–Trinajstić information content (AvgIpc) is 2.82. The summed E-state index contributed by atoms with van der Waals surface area (Å²) in [6.45, 7) is 3.75. The number of hydrogen-bond donors (Lipinski definition) is 2. The number of carbonyl (C=O) groups is 1. The number of likely N-dealkylation sites (tertiary alicyclic amines) is 1. The van der Waals surface area contributed by atoms with Gasteiger partial charge >= 0.3 is 0 Å². The standard InChI is InChI=1S/C13H17N3O/c1-8-3-2-4-10-11(8)15-13(17)12(10)16-6-5-9(14)7-16/h2-4,9,12H,5-7,14H2,1H3,(H,15,17). The largest absolute Gasteiger partial charge is 0.326 e. The van der Waals surface area contributed by atoms with Crippen LogP contribution in [-0.4, -0.2) is 29.9 Å². The number of rotatable bonds is 1. The predicted octanol–water partition coefficient (Wildman–Crippen LogP) is 1.02. The van der Waals surface area contributed by atoms with E-state index in [2.05, 4.69) is 10.2 Å². The first kappa shape index (κ1) is 10.7. The third-order valence-electron chi connectivity index (χ3n) is 3.72.